The number of ether oxygens (including phenoxy) is 2. The molecule has 9 N–H and O–H groups in total. The van der Waals surface area contributed by atoms with Crippen molar-refractivity contribution in [1.29, 1.82) is 5.41 Å². The predicted molar refractivity (Wildman–Crippen MR) is 169 cm³/mol. The number of amides is 3. The molecule has 2 aromatic rings. The Balaban J connectivity index is 1.39. The number of esters is 1. The Labute approximate surface area is 267 Å². The number of halogens is 1. The van der Waals surface area contributed by atoms with Crippen LogP contribution in [0.1, 0.15) is 54.4 Å². The van der Waals surface area contributed by atoms with E-state index in [-0.39, 0.29) is 35.5 Å². The van der Waals surface area contributed by atoms with Gasteiger partial charge in [0.2, 0.25) is 0 Å². The summed E-state index contributed by atoms with van der Waals surface area (Å²) in [5, 5.41) is 15.6. The maximum Gasteiger partial charge on any atom is 0.328 e. The molecule has 0 unspecified atom stereocenters. The highest BCUT2D eigenvalue weighted by Crippen LogP contribution is 2.23. The topological polar surface area (TPSA) is 228 Å². The Hall–Kier alpha value is -4.08. The molecule has 0 saturated heterocycles. The lowest BCUT2D eigenvalue weighted by atomic mass is 9.93. The van der Waals surface area contributed by atoms with Crippen LogP contribution in [0, 0.1) is 5.41 Å². The van der Waals surface area contributed by atoms with Crippen molar-refractivity contribution >= 4 is 45.5 Å². The highest BCUT2D eigenvalue weighted by atomic mass is 35.5. The molecule has 1 atom stereocenters. The Kier molecular flexibility index (Phi) is 13.2. The number of carbonyl (C=O) groups excluding carboxylic acids is 3. The lowest BCUT2D eigenvalue weighted by molar-refractivity contribution is -0.152. The third kappa shape index (κ3) is 11.4. The molecule has 3 amide bonds. The van der Waals surface area contributed by atoms with Gasteiger partial charge >= 0.3 is 12.0 Å². The van der Waals surface area contributed by atoms with Crippen LogP contribution in [0.2, 0.25) is 5.02 Å². The van der Waals surface area contributed by atoms with Gasteiger partial charge in [-0.1, -0.05) is 23.7 Å². The van der Waals surface area contributed by atoms with E-state index in [1.54, 1.807) is 24.3 Å². The molecule has 0 radical (unpaired) electrons. The van der Waals surface area contributed by atoms with Crippen LogP contribution in [-0.4, -0.2) is 70.7 Å². The van der Waals surface area contributed by atoms with E-state index < -0.39 is 28.1 Å². The zero-order valence-corrected chi connectivity index (χ0v) is 26.5. The summed E-state index contributed by atoms with van der Waals surface area (Å²) < 4.78 is 38.3. The maximum absolute atomic E-state index is 12.8. The van der Waals surface area contributed by atoms with Gasteiger partial charge in [-0.15, -0.1) is 0 Å². The van der Waals surface area contributed by atoms with E-state index in [4.69, 9.17) is 38.0 Å². The number of nitrogens with two attached hydrogens (primary N) is 2. The number of carbonyl (C=O) groups is 3. The van der Waals surface area contributed by atoms with Crippen LogP contribution in [-0.2, 0) is 26.0 Å². The molecule has 246 valence electrons. The molecule has 0 spiro atoms. The number of nitrogens with one attached hydrogen (secondary N) is 5. The summed E-state index contributed by atoms with van der Waals surface area (Å²) in [6.07, 6.45) is 3.02. The summed E-state index contributed by atoms with van der Waals surface area (Å²) in [5.74, 6) is -0.614. The highest BCUT2D eigenvalue weighted by Gasteiger charge is 2.28. The number of methoxy groups -OCH3 is 1. The van der Waals surface area contributed by atoms with Gasteiger partial charge in [0.05, 0.1) is 17.6 Å². The molecule has 1 aliphatic rings. The zero-order chi connectivity index (χ0) is 33.0. The number of benzene rings is 2. The standard InChI is InChI=1S/C29H40ClN7O7S/c1-43-25-13-6-19(30)17-23(25)26(38)34-16-14-18-4-11-22(12-5-18)45(41,42)37-29(40)36-20-7-9-21(10-8-20)44-27(39)24(31)3-2-15-35-28(32)33/h4-6,11-13,17,20-21,24H,2-3,7-10,14-16,31H2,1H3,(H,34,38)(H4,32,33,35)(H2,36,37,40)/t20-,21-,24-/m0/s1. The molecule has 14 nitrogen and oxygen atoms in total. The molecule has 1 aliphatic carbocycles. The third-order valence-electron chi connectivity index (χ3n) is 7.17. The number of hydrogen-bond acceptors (Lipinski definition) is 9. The second kappa shape index (κ2) is 16.8. The quantitative estimate of drug-likeness (QED) is 0.0669. The molecule has 0 bridgehead atoms. The van der Waals surface area contributed by atoms with Crippen LogP contribution in [0.5, 0.6) is 5.75 Å². The summed E-state index contributed by atoms with van der Waals surface area (Å²) in [6.45, 7) is 0.718. The SMILES string of the molecule is COc1ccc(Cl)cc1C(=O)NCCc1ccc(S(=O)(=O)NC(=O)N[C@H]2CC[C@H](OC(=O)[C@@H](N)CCCNC(=N)N)CC2)cc1. The largest absolute Gasteiger partial charge is 0.496 e. The van der Waals surface area contributed by atoms with Crippen LogP contribution in [0.3, 0.4) is 0 Å². The average Bonchev–Trinajstić information content (AvgIpc) is 3.00. The van der Waals surface area contributed by atoms with Crippen molar-refractivity contribution in [2.75, 3.05) is 20.2 Å². The molecular formula is C29H40ClN7O7S. The van der Waals surface area contributed by atoms with E-state index in [0.717, 1.165) is 5.56 Å². The van der Waals surface area contributed by atoms with Gasteiger partial charge in [-0.2, -0.15) is 0 Å². The summed E-state index contributed by atoms with van der Waals surface area (Å²) in [5.41, 5.74) is 12.2. The molecule has 1 saturated carbocycles. The smallest absolute Gasteiger partial charge is 0.328 e. The first kappa shape index (κ1) is 35.4. The van der Waals surface area contributed by atoms with Gasteiger partial charge < -0.3 is 36.9 Å². The number of urea groups is 1. The highest BCUT2D eigenvalue weighted by molar-refractivity contribution is 7.90. The minimum absolute atomic E-state index is 0.0851. The van der Waals surface area contributed by atoms with Crippen molar-refractivity contribution in [3.63, 3.8) is 0 Å². The monoisotopic (exact) mass is 665 g/mol. The van der Waals surface area contributed by atoms with Crippen molar-refractivity contribution in [2.45, 2.75) is 68.0 Å². The van der Waals surface area contributed by atoms with Crippen LogP contribution in [0.15, 0.2) is 47.4 Å². The third-order valence-corrected chi connectivity index (χ3v) is 8.75. The zero-order valence-electron chi connectivity index (χ0n) is 24.9. The lowest BCUT2D eigenvalue weighted by Crippen LogP contribution is -2.46. The molecule has 0 aliphatic heterocycles. The first-order valence-corrected chi connectivity index (χ1v) is 16.3. The van der Waals surface area contributed by atoms with Crippen molar-refractivity contribution in [2.24, 2.45) is 11.5 Å². The molecule has 3 rings (SSSR count). The average molecular weight is 666 g/mol. The van der Waals surface area contributed by atoms with Crippen LogP contribution in [0.4, 0.5) is 4.79 Å². The van der Waals surface area contributed by atoms with E-state index in [0.29, 0.717) is 67.8 Å². The van der Waals surface area contributed by atoms with Gasteiger partial charge in [-0.05, 0) is 80.8 Å². The van der Waals surface area contributed by atoms with Crippen molar-refractivity contribution in [1.82, 2.24) is 20.7 Å². The van der Waals surface area contributed by atoms with Gasteiger partial charge in [-0.25, -0.2) is 17.9 Å². The number of guanidine groups is 1. The minimum atomic E-state index is -4.12. The van der Waals surface area contributed by atoms with E-state index >= 15 is 0 Å². The number of sulfonamides is 1. The van der Waals surface area contributed by atoms with Gasteiger partial charge in [0.15, 0.2) is 5.96 Å². The fraction of sp³-hybridized carbons (Fsp3) is 0.448. The number of hydrogen-bond donors (Lipinski definition) is 7. The van der Waals surface area contributed by atoms with Crippen LogP contribution < -0.4 is 36.9 Å². The Morgan fingerprint density at radius 1 is 1.04 bits per heavy atom. The normalized spacial score (nSPS) is 17.0. The fourth-order valence-electron chi connectivity index (χ4n) is 4.74. The minimum Gasteiger partial charge on any atom is -0.496 e. The van der Waals surface area contributed by atoms with Crippen molar-refractivity contribution in [3.05, 3.63) is 58.6 Å². The fourth-order valence-corrected chi connectivity index (χ4v) is 5.83. The molecule has 1 fully saturated rings. The summed E-state index contributed by atoms with van der Waals surface area (Å²) in [6, 6.07) is 8.81. The van der Waals surface area contributed by atoms with Crippen LogP contribution in [0.25, 0.3) is 0 Å². The Morgan fingerprint density at radius 3 is 2.38 bits per heavy atom. The molecular weight excluding hydrogens is 626 g/mol. The molecule has 0 heterocycles. The lowest BCUT2D eigenvalue weighted by Gasteiger charge is -2.29. The molecule has 45 heavy (non-hydrogen) atoms. The summed E-state index contributed by atoms with van der Waals surface area (Å²) >= 11 is 5.99. The van der Waals surface area contributed by atoms with Gasteiger partial charge in [0, 0.05) is 24.2 Å². The maximum atomic E-state index is 12.8. The van der Waals surface area contributed by atoms with Gasteiger partial charge in [0.1, 0.15) is 17.9 Å². The van der Waals surface area contributed by atoms with E-state index in [1.165, 1.54) is 25.3 Å². The van der Waals surface area contributed by atoms with E-state index in [9.17, 15) is 22.8 Å². The van der Waals surface area contributed by atoms with Crippen molar-refractivity contribution < 1.29 is 32.3 Å². The summed E-state index contributed by atoms with van der Waals surface area (Å²) in [7, 11) is -2.67. The molecule has 16 heteroatoms. The van der Waals surface area contributed by atoms with E-state index in [2.05, 4.69) is 16.0 Å². The summed E-state index contributed by atoms with van der Waals surface area (Å²) in [4.78, 5) is 37.2. The Morgan fingerprint density at radius 2 is 1.73 bits per heavy atom. The predicted octanol–water partition coefficient (Wildman–Crippen LogP) is 1.75. The van der Waals surface area contributed by atoms with Crippen LogP contribution >= 0.6 is 11.6 Å². The Bertz CT molecular complexity index is 1450. The first-order chi connectivity index (χ1) is 21.4. The molecule has 2 aromatic carbocycles. The number of rotatable bonds is 14. The second-order valence-electron chi connectivity index (χ2n) is 10.6. The van der Waals surface area contributed by atoms with Crippen molar-refractivity contribution in [3.8, 4) is 5.75 Å². The van der Waals surface area contributed by atoms with Gasteiger partial charge in [0.25, 0.3) is 15.9 Å². The molecule has 0 aromatic heterocycles. The van der Waals surface area contributed by atoms with Gasteiger partial charge in [-0.3, -0.25) is 15.0 Å². The van der Waals surface area contributed by atoms with E-state index in [1.807, 2.05) is 4.72 Å². The second-order valence-corrected chi connectivity index (χ2v) is 12.7. The first-order valence-electron chi connectivity index (χ1n) is 14.5.